The van der Waals surface area contributed by atoms with Crippen LogP contribution in [0, 0.1) is 6.92 Å². The van der Waals surface area contributed by atoms with Gasteiger partial charge in [0.15, 0.2) is 0 Å². The molecule has 0 bridgehead atoms. The second kappa shape index (κ2) is 8.55. The number of nitrogens with zero attached hydrogens (tertiary/aromatic N) is 1. The minimum atomic E-state index is -3.46. The number of sulfonamides is 1. The van der Waals surface area contributed by atoms with Gasteiger partial charge in [-0.3, -0.25) is 4.79 Å². The molecule has 0 unspecified atom stereocenters. The summed E-state index contributed by atoms with van der Waals surface area (Å²) in [4.78, 5) is 13.1. The Morgan fingerprint density at radius 1 is 1.10 bits per heavy atom. The molecule has 3 rings (SSSR count). The molecule has 7 heteroatoms. The number of hydrogen-bond donors (Lipinski definition) is 1. The van der Waals surface area contributed by atoms with Crippen LogP contribution in [0.15, 0.2) is 41.3 Å². The molecule has 2 aromatic rings. The lowest BCUT2D eigenvalue weighted by atomic mass is 9.96. The predicted molar refractivity (Wildman–Crippen MR) is 114 cm³/mol. The molecule has 6 nitrogen and oxygen atoms in total. The SMILES string of the molecule is COc1cc(C)c(C(=O)Nc2ccc(S(=O)(=O)N3CCCC3)cc2)cc1C(C)C. The van der Waals surface area contributed by atoms with Crippen molar-refractivity contribution in [3.8, 4) is 5.75 Å². The Labute approximate surface area is 172 Å². The molecule has 0 saturated carbocycles. The molecule has 29 heavy (non-hydrogen) atoms. The molecule has 1 aliphatic rings. The van der Waals surface area contributed by atoms with E-state index in [-0.39, 0.29) is 16.7 Å². The number of aryl methyl sites for hydroxylation is 1. The van der Waals surface area contributed by atoms with Crippen LogP contribution in [-0.2, 0) is 10.0 Å². The van der Waals surface area contributed by atoms with Gasteiger partial charge in [0.25, 0.3) is 5.91 Å². The molecule has 1 fully saturated rings. The van der Waals surface area contributed by atoms with Crippen LogP contribution in [0.1, 0.15) is 54.1 Å². The van der Waals surface area contributed by atoms with Crippen molar-refractivity contribution in [2.45, 2.75) is 44.4 Å². The van der Waals surface area contributed by atoms with E-state index in [0.29, 0.717) is 24.3 Å². The summed E-state index contributed by atoms with van der Waals surface area (Å²) in [5.74, 6) is 0.750. The van der Waals surface area contributed by atoms with E-state index in [1.165, 1.54) is 4.31 Å². The molecule has 0 radical (unpaired) electrons. The van der Waals surface area contributed by atoms with Crippen molar-refractivity contribution in [1.29, 1.82) is 0 Å². The number of ether oxygens (including phenoxy) is 1. The van der Waals surface area contributed by atoms with Crippen LogP contribution in [0.5, 0.6) is 5.75 Å². The van der Waals surface area contributed by atoms with Crippen LogP contribution in [-0.4, -0.2) is 38.8 Å². The lowest BCUT2D eigenvalue weighted by Crippen LogP contribution is -2.27. The number of hydrogen-bond acceptors (Lipinski definition) is 4. The zero-order chi connectivity index (χ0) is 21.2. The summed E-state index contributed by atoms with van der Waals surface area (Å²) in [6, 6.07) is 10.1. The molecular formula is C22H28N2O4S. The summed E-state index contributed by atoms with van der Waals surface area (Å²) >= 11 is 0. The smallest absolute Gasteiger partial charge is 0.255 e. The molecule has 0 aromatic heterocycles. The summed E-state index contributed by atoms with van der Waals surface area (Å²) in [6.07, 6.45) is 1.79. The third-order valence-corrected chi connectivity index (χ3v) is 7.17. The number of methoxy groups -OCH3 is 1. The molecular weight excluding hydrogens is 388 g/mol. The first kappa shape index (κ1) is 21.3. The molecule has 0 atom stereocenters. The molecule has 156 valence electrons. The minimum Gasteiger partial charge on any atom is -0.496 e. The maximum Gasteiger partial charge on any atom is 0.255 e. The molecule has 0 spiro atoms. The Balaban J connectivity index is 1.80. The Bertz CT molecular complexity index is 992. The average Bonchev–Trinajstić information content (AvgIpc) is 3.23. The summed E-state index contributed by atoms with van der Waals surface area (Å²) in [7, 11) is -1.84. The van der Waals surface area contributed by atoms with E-state index < -0.39 is 10.0 Å². The van der Waals surface area contributed by atoms with Crippen LogP contribution < -0.4 is 10.1 Å². The monoisotopic (exact) mass is 416 g/mol. The maximum atomic E-state index is 12.8. The van der Waals surface area contributed by atoms with Gasteiger partial charge in [-0.15, -0.1) is 0 Å². The van der Waals surface area contributed by atoms with Gasteiger partial charge in [0, 0.05) is 24.3 Å². The first-order valence-electron chi connectivity index (χ1n) is 9.84. The lowest BCUT2D eigenvalue weighted by Gasteiger charge is -2.17. The van der Waals surface area contributed by atoms with Crippen LogP contribution >= 0.6 is 0 Å². The summed E-state index contributed by atoms with van der Waals surface area (Å²) in [5, 5.41) is 2.86. The van der Waals surface area contributed by atoms with Gasteiger partial charge in [-0.2, -0.15) is 4.31 Å². The Hall–Kier alpha value is -2.38. The third-order valence-electron chi connectivity index (χ3n) is 5.26. The topological polar surface area (TPSA) is 75.7 Å². The third kappa shape index (κ3) is 4.46. The molecule has 1 aliphatic heterocycles. The Morgan fingerprint density at radius 2 is 1.72 bits per heavy atom. The largest absolute Gasteiger partial charge is 0.496 e. The van der Waals surface area contributed by atoms with Gasteiger partial charge in [0.05, 0.1) is 12.0 Å². The maximum absolute atomic E-state index is 12.8. The van der Waals surface area contributed by atoms with Crippen LogP contribution in [0.3, 0.4) is 0 Å². The minimum absolute atomic E-state index is 0.215. The normalized spacial score (nSPS) is 14.9. The van der Waals surface area contributed by atoms with Crippen molar-refractivity contribution in [3.05, 3.63) is 53.1 Å². The van der Waals surface area contributed by atoms with Crippen LogP contribution in [0.25, 0.3) is 0 Å². The van der Waals surface area contributed by atoms with Gasteiger partial charge in [0.1, 0.15) is 5.75 Å². The van der Waals surface area contributed by atoms with Gasteiger partial charge in [-0.05, 0) is 73.2 Å². The molecule has 0 aliphatic carbocycles. The molecule has 2 aromatic carbocycles. The highest BCUT2D eigenvalue weighted by molar-refractivity contribution is 7.89. The molecule has 1 N–H and O–H groups in total. The molecule has 1 amide bonds. The number of carbonyl (C=O) groups is 1. The highest BCUT2D eigenvalue weighted by Crippen LogP contribution is 2.30. The van der Waals surface area contributed by atoms with Crippen molar-refractivity contribution in [2.75, 3.05) is 25.5 Å². The fourth-order valence-corrected chi connectivity index (χ4v) is 5.07. The van der Waals surface area contributed by atoms with Crippen molar-refractivity contribution >= 4 is 21.6 Å². The first-order valence-corrected chi connectivity index (χ1v) is 11.3. The van der Waals surface area contributed by atoms with E-state index in [1.807, 2.05) is 19.1 Å². The fraction of sp³-hybridized carbons (Fsp3) is 0.409. The zero-order valence-electron chi connectivity index (χ0n) is 17.4. The van der Waals surface area contributed by atoms with Gasteiger partial charge in [-0.25, -0.2) is 8.42 Å². The number of nitrogens with one attached hydrogen (secondary N) is 1. The van der Waals surface area contributed by atoms with Gasteiger partial charge >= 0.3 is 0 Å². The Kier molecular flexibility index (Phi) is 6.29. The fourth-order valence-electron chi connectivity index (χ4n) is 3.56. The van der Waals surface area contributed by atoms with Crippen LogP contribution in [0.4, 0.5) is 5.69 Å². The van der Waals surface area contributed by atoms with Crippen LogP contribution in [0.2, 0.25) is 0 Å². The van der Waals surface area contributed by atoms with Crippen molar-refractivity contribution in [2.24, 2.45) is 0 Å². The quantitative estimate of drug-likeness (QED) is 0.767. The van der Waals surface area contributed by atoms with Gasteiger partial charge < -0.3 is 10.1 Å². The number of rotatable bonds is 6. The number of benzene rings is 2. The standard InChI is InChI=1S/C22H28N2O4S/c1-15(2)19-14-20(16(3)13-21(19)28-4)22(25)23-17-7-9-18(10-8-17)29(26,27)24-11-5-6-12-24/h7-10,13-15H,5-6,11-12H2,1-4H3,(H,23,25). The van der Waals surface area contributed by atoms with E-state index in [9.17, 15) is 13.2 Å². The second-order valence-corrected chi connectivity index (χ2v) is 9.59. The van der Waals surface area contributed by atoms with Gasteiger partial charge in [0.2, 0.25) is 10.0 Å². The molecule has 1 heterocycles. The molecule has 1 saturated heterocycles. The highest BCUT2D eigenvalue weighted by Gasteiger charge is 2.27. The summed E-state index contributed by atoms with van der Waals surface area (Å²) in [6.45, 7) is 7.10. The Morgan fingerprint density at radius 3 is 2.28 bits per heavy atom. The number of anilines is 1. The van der Waals surface area contributed by atoms with Gasteiger partial charge in [-0.1, -0.05) is 13.8 Å². The number of carbonyl (C=O) groups excluding carboxylic acids is 1. The summed E-state index contributed by atoms with van der Waals surface area (Å²) < 4.78 is 32.2. The summed E-state index contributed by atoms with van der Waals surface area (Å²) in [5.41, 5.74) is 2.91. The van der Waals surface area contributed by atoms with Crippen molar-refractivity contribution in [1.82, 2.24) is 4.31 Å². The van der Waals surface area contributed by atoms with E-state index in [4.69, 9.17) is 4.74 Å². The van der Waals surface area contributed by atoms with E-state index in [0.717, 1.165) is 29.7 Å². The van der Waals surface area contributed by atoms with E-state index in [2.05, 4.69) is 19.2 Å². The first-order chi connectivity index (χ1) is 13.7. The lowest BCUT2D eigenvalue weighted by molar-refractivity contribution is 0.102. The zero-order valence-corrected chi connectivity index (χ0v) is 18.2. The van der Waals surface area contributed by atoms with E-state index >= 15 is 0 Å². The number of amides is 1. The second-order valence-electron chi connectivity index (χ2n) is 7.65. The highest BCUT2D eigenvalue weighted by atomic mass is 32.2. The van der Waals surface area contributed by atoms with Crippen molar-refractivity contribution in [3.63, 3.8) is 0 Å². The van der Waals surface area contributed by atoms with Crippen molar-refractivity contribution < 1.29 is 17.9 Å². The van der Waals surface area contributed by atoms with E-state index in [1.54, 1.807) is 31.4 Å². The average molecular weight is 417 g/mol. The predicted octanol–water partition coefficient (Wildman–Crippen LogP) is 4.16.